The Balaban J connectivity index is 1.04. The molecule has 1 unspecified atom stereocenters. The highest BCUT2D eigenvalue weighted by atomic mass is 15.2. The van der Waals surface area contributed by atoms with Crippen molar-refractivity contribution in [2.75, 3.05) is 4.90 Å². The van der Waals surface area contributed by atoms with Crippen LogP contribution in [0.2, 0.25) is 0 Å². The lowest BCUT2D eigenvalue weighted by Crippen LogP contribution is -2.60. The monoisotopic (exact) mass is 898 g/mol. The predicted octanol–water partition coefficient (Wildman–Crippen LogP) is 15.3. The van der Waals surface area contributed by atoms with Crippen molar-refractivity contribution in [1.29, 1.82) is 0 Å². The molecule has 2 aliphatic heterocycles. The normalized spacial score (nSPS) is 15.4. The van der Waals surface area contributed by atoms with E-state index < -0.39 is 0 Å². The van der Waals surface area contributed by atoms with Crippen LogP contribution in [0.5, 0.6) is 0 Å². The third kappa shape index (κ3) is 4.70. The summed E-state index contributed by atoms with van der Waals surface area (Å²) in [5, 5.41) is 5.35. The number of hydrogen-bond acceptors (Lipinski definition) is 1. The number of hydrogen-bond donors (Lipinski definition) is 0. The molecule has 0 saturated heterocycles. The quantitative estimate of drug-likeness (QED) is 0.160. The van der Waals surface area contributed by atoms with E-state index in [9.17, 15) is 0 Å². The van der Waals surface area contributed by atoms with E-state index in [0.29, 0.717) is 0 Å². The molecule has 0 N–H and O–H groups in total. The van der Waals surface area contributed by atoms with Crippen molar-refractivity contribution in [1.82, 2.24) is 4.57 Å². The zero-order chi connectivity index (χ0) is 46.4. The molecular weight excluding hydrogens is 856 g/mol. The lowest BCUT2D eigenvalue weighted by molar-refractivity contribution is 0.666. The molecule has 0 radical (unpaired) electrons. The summed E-state index contributed by atoms with van der Waals surface area (Å²) < 4.78 is 2.70. The Morgan fingerprint density at radius 1 is 0.451 bits per heavy atom. The van der Waals surface area contributed by atoms with Crippen LogP contribution in [0.3, 0.4) is 0 Å². The SMILES string of the molecule is CC1(C)c2ccccc2-c2cc3c4c(c21)c1cc(-c2ccccc2)ccc1n4-c1cc(C2c4cccc5c4-c4c2ccc2cccc(c42)-c2ccccc2-5)cc2c1B3c1ccccc1N2c1ccccc1. The van der Waals surface area contributed by atoms with E-state index in [0.717, 1.165) is 0 Å². The van der Waals surface area contributed by atoms with Gasteiger partial charge in [0.05, 0.1) is 5.52 Å². The number of benzene rings is 11. The molecule has 328 valence electrons. The second kappa shape index (κ2) is 13.4. The van der Waals surface area contributed by atoms with Crippen molar-refractivity contribution in [3.63, 3.8) is 0 Å². The van der Waals surface area contributed by atoms with Crippen LogP contribution in [0, 0.1) is 0 Å². The zero-order valence-corrected chi connectivity index (χ0v) is 39.3. The minimum atomic E-state index is -0.214. The van der Waals surface area contributed by atoms with Gasteiger partial charge in [-0.25, -0.2) is 0 Å². The molecule has 0 saturated carbocycles. The second-order valence-electron chi connectivity index (χ2n) is 21.0. The summed E-state index contributed by atoms with van der Waals surface area (Å²) >= 11 is 0. The number of nitrogens with zero attached hydrogens (tertiary/aromatic N) is 2. The van der Waals surface area contributed by atoms with Crippen LogP contribution < -0.4 is 21.3 Å². The van der Waals surface area contributed by atoms with E-state index in [-0.39, 0.29) is 18.0 Å². The molecule has 0 amide bonds. The van der Waals surface area contributed by atoms with Crippen LogP contribution >= 0.6 is 0 Å². The Hall–Kier alpha value is -8.66. The number of aromatic nitrogens is 1. The molecule has 0 spiro atoms. The molecule has 0 bridgehead atoms. The Bertz CT molecular complexity index is 4390. The molecule has 0 fully saturated rings. The van der Waals surface area contributed by atoms with E-state index in [2.05, 4.69) is 242 Å². The fraction of sp³-hybridized carbons (Fsp3) is 0.0588. The van der Waals surface area contributed by atoms with Gasteiger partial charge in [-0.15, -0.1) is 0 Å². The van der Waals surface area contributed by atoms with Crippen LogP contribution in [0.15, 0.2) is 218 Å². The molecule has 5 aliphatic rings. The average molecular weight is 899 g/mol. The topological polar surface area (TPSA) is 8.17 Å². The molecule has 1 aromatic heterocycles. The van der Waals surface area contributed by atoms with Crippen LogP contribution in [0.25, 0.3) is 93.9 Å². The first kappa shape index (κ1) is 38.2. The average Bonchev–Trinajstić information content (AvgIpc) is 4.00. The lowest BCUT2D eigenvalue weighted by atomic mass is 9.33. The molecule has 11 aromatic carbocycles. The number of fused-ring (bicyclic) bond motifs is 14. The standard InChI is InChI=1S/C68H43BN2/c1-68(2)53-28-12-11-24-46(53)51-38-55-67-64(65(51)68)52-35-41(39-17-5-3-6-18-39)32-34-56(52)71(67)59-37-42(36-58-66(59)69(55)54-29-13-14-30-57(54)70(58)43-20-7-4-8-21-43)60-49-27-16-26-48-45-23-10-9-22-44(45)47-25-15-19-40-31-33-50(60)63(61(40)47)62(48)49/h3-38,60H,1-2H3. The van der Waals surface area contributed by atoms with Crippen molar-refractivity contribution in [2.45, 2.75) is 25.2 Å². The summed E-state index contributed by atoms with van der Waals surface area (Å²) in [6.45, 7) is 4.91. The van der Waals surface area contributed by atoms with Gasteiger partial charge >= 0.3 is 0 Å². The summed E-state index contributed by atoms with van der Waals surface area (Å²) in [5.74, 6) is 0.00862. The van der Waals surface area contributed by atoms with E-state index in [4.69, 9.17) is 0 Å². The first-order chi connectivity index (χ1) is 35.0. The van der Waals surface area contributed by atoms with E-state index >= 15 is 0 Å². The summed E-state index contributed by atoms with van der Waals surface area (Å²) in [7, 11) is 0. The minimum Gasteiger partial charge on any atom is -0.311 e. The van der Waals surface area contributed by atoms with Gasteiger partial charge in [0.25, 0.3) is 6.71 Å². The van der Waals surface area contributed by atoms with Gasteiger partial charge in [-0.05, 0) is 153 Å². The third-order valence-corrected chi connectivity index (χ3v) is 17.3. The molecule has 2 nitrogen and oxygen atoms in total. The number of para-hydroxylation sites is 2. The molecule has 1 atom stereocenters. The molecule has 3 heteroatoms. The fourth-order valence-electron chi connectivity index (χ4n) is 14.6. The van der Waals surface area contributed by atoms with Crippen molar-refractivity contribution < 1.29 is 0 Å². The maximum Gasteiger partial charge on any atom is 0.252 e. The highest BCUT2D eigenvalue weighted by molar-refractivity contribution is 7.00. The highest BCUT2D eigenvalue weighted by Gasteiger charge is 2.47. The maximum atomic E-state index is 2.70. The van der Waals surface area contributed by atoms with Crippen LogP contribution in [0.4, 0.5) is 17.1 Å². The van der Waals surface area contributed by atoms with Gasteiger partial charge in [-0.3, -0.25) is 0 Å². The molecule has 3 aliphatic carbocycles. The van der Waals surface area contributed by atoms with Crippen LogP contribution in [0.1, 0.15) is 47.6 Å². The van der Waals surface area contributed by atoms with Crippen LogP contribution in [-0.2, 0) is 5.41 Å². The van der Waals surface area contributed by atoms with Gasteiger partial charge in [-0.1, -0.05) is 190 Å². The minimum absolute atomic E-state index is 0.00245. The molecule has 71 heavy (non-hydrogen) atoms. The fourth-order valence-corrected chi connectivity index (χ4v) is 14.6. The first-order valence-electron chi connectivity index (χ1n) is 25.2. The summed E-state index contributed by atoms with van der Waals surface area (Å²) in [5.41, 5.74) is 31.5. The second-order valence-corrected chi connectivity index (χ2v) is 21.0. The number of anilines is 3. The van der Waals surface area contributed by atoms with Crippen molar-refractivity contribution in [2.24, 2.45) is 0 Å². The first-order valence-corrected chi connectivity index (χ1v) is 25.2. The number of rotatable bonds is 3. The van der Waals surface area contributed by atoms with E-state index in [1.165, 1.54) is 155 Å². The molecular formula is C68H43BN2. The van der Waals surface area contributed by atoms with Crippen molar-refractivity contribution >= 4 is 72.7 Å². The largest absolute Gasteiger partial charge is 0.311 e. The Morgan fingerprint density at radius 3 is 2.00 bits per heavy atom. The Kier molecular flexibility index (Phi) is 7.19. The van der Waals surface area contributed by atoms with Gasteiger partial charge in [0.15, 0.2) is 0 Å². The Morgan fingerprint density at radius 2 is 1.14 bits per heavy atom. The van der Waals surface area contributed by atoms with Crippen molar-refractivity contribution in [3.8, 4) is 61.3 Å². The van der Waals surface area contributed by atoms with Gasteiger partial charge in [-0.2, -0.15) is 0 Å². The van der Waals surface area contributed by atoms with Gasteiger partial charge in [0.1, 0.15) is 0 Å². The molecule has 17 rings (SSSR count). The van der Waals surface area contributed by atoms with Gasteiger partial charge < -0.3 is 9.47 Å². The van der Waals surface area contributed by atoms with E-state index in [1.807, 2.05) is 0 Å². The highest BCUT2D eigenvalue weighted by Crippen LogP contribution is 2.60. The Labute approximate surface area is 412 Å². The predicted molar refractivity (Wildman–Crippen MR) is 298 cm³/mol. The smallest absolute Gasteiger partial charge is 0.252 e. The third-order valence-electron chi connectivity index (χ3n) is 17.3. The molecule has 12 aromatic rings. The van der Waals surface area contributed by atoms with E-state index in [1.54, 1.807) is 0 Å². The lowest BCUT2D eigenvalue weighted by Gasteiger charge is -2.41. The summed E-state index contributed by atoms with van der Waals surface area (Å²) in [6.07, 6.45) is 0. The maximum absolute atomic E-state index is 2.70. The zero-order valence-electron chi connectivity index (χ0n) is 39.3. The van der Waals surface area contributed by atoms with Gasteiger partial charge in [0, 0.05) is 50.4 Å². The summed E-state index contributed by atoms with van der Waals surface area (Å²) in [6, 6.07) is 83.5. The molecule has 3 heterocycles. The van der Waals surface area contributed by atoms with Gasteiger partial charge in [0.2, 0.25) is 0 Å². The summed E-state index contributed by atoms with van der Waals surface area (Å²) in [4.78, 5) is 2.58. The van der Waals surface area contributed by atoms with Crippen LogP contribution in [-0.4, -0.2) is 11.3 Å². The van der Waals surface area contributed by atoms with Crippen molar-refractivity contribution in [3.05, 3.63) is 246 Å².